The lowest BCUT2D eigenvalue weighted by Gasteiger charge is -2.13. The normalized spacial score (nSPS) is 11.0. The molecule has 51 heavy (non-hydrogen) atoms. The summed E-state index contributed by atoms with van der Waals surface area (Å²) in [6, 6.07) is 28.3. The first-order valence-electron chi connectivity index (χ1n) is 15.2. The highest BCUT2D eigenvalue weighted by Crippen LogP contribution is 2.30. The summed E-state index contributed by atoms with van der Waals surface area (Å²) in [7, 11) is -2.47. The van der Waals surface area contributed by atoms with Crippen LogP contribution in [-0.4, -0.2) is 47.6 Å². The number of nitrogens with one attached hydrogen (secondary N) is 3. The Kier molecular flexibility index (Phi) is 10.5. The van der Waals surface area contributed by atoms with Crippen LogP contribution in [0.2, 0.25) is 5.02 Å². The molecule has 0 aliphatic heterocycles. The van der Waals surface area contributed by atoms with Crippen LogP contribution >= 0.6 is 11.6 Å². The second kappa shape index (κ2) is 15.5. The fraction of sp³-hybridized carbons (Fsp3) is 0.0857. The maximum Gasteiger partial charge on any atom is 0.310 e. The lowest BCUT2D eigenvalue weighted by Crippen LogP contribution is -2.19. The molecule has 16 heteroatoms. The Labute approximate surface area is 296 Å². The van der Waals surface area contributed by atoms with Gasteiger partial charge in [-0.25, -0.2) is 18.0 Å². The Balaban J connectivity index is 1.03. The van der Waals surface area contributed by atoms with Crippen molar-refractivity contribution in [2.45, 2.75) is 22.9 Å². The number of hydrogen-bond acceptors (Lipinski definition) is 13. The first kappa shape index (κ1) is 34.5. The van der Waals surface area contributed by atoms with E-state index in [0.29, 0.717) is 33.9 Å². The number of carbonyl (C=O) groups excluding carboxylic acids is 2. The number of benzene rings is 4. The number of ether oxygens (including phenoxy) is 2. The van der Waals surface area contributed by atoms with Gasteiger partial charge in [-0.1, -0.05) is 66.2 Å². The highest BCUT2D eigenvalue weighted by atomic mass is 35.5. The molecule has 0 saturated carbocycles. The molecule has 2 aromatic heterocycles. The SMILES string of the molecule is CNC(=O)c1ccccc1Nc1nc(Nc2cccc(CC(=O)OCc3ccc(Oc4nonc4S(=O)(=O)c4ccccc4)cc3)c2)ncc1Cl. The van der Waals surface area contributed by atoms with Gasteiger partial charge in [0.25, 0.3) is 10.9 Å². The van der Waals surface area contributed by atoms with Crippen LogP contribution in [0.1, 0.15) is 21.5 Å². The Morgan fingerprint density at radius 3 is 2.41 bits per heavy atom. The number of sulfone groups is 1. The number of rotatable bonds is 13. The molecule has 0 aliphatic carbocycles. The van der Waals surface area contributed by atoms with Crippen LogP contribution in [0.15, 0.2) is 124 Å². The van der Waals surface area contributed by atoms with Gasteiger partial charge in [0.2, 0.25) is 15.8 Å². The summed E-state index contributed by atoms with van der Waals surface area (Å²) in [4.78, 5) is 33.7. The number of aromatic nitrogens is 4. The highest BCUT2D eigenvalue weighted by molar-refractivity contribution is 7.91. The van der Waals surface area contributed by atoms with Crippen molar-refractivity contribution in [3.63, 3.8) is 0 Å². The van der Waals surface area contributed by atoms with Crippen molar-refractivity contribution in [3.05, 3.63) is 131 Å². The molecule has 4 aromatic carbocycles. The lowest BCUT2D eigenvalue weighted by atomic mass is 10.1. The molecule has 0 atom stereocenters. The number of nitrogens with zero attached hydrogens (tertiary/aromatic N) is 4. The number of amides is 1. The van der Waals surface area contributed by atoms with E-state index in [-0.39, 0.29) is 46.4 Å². The topological polar surface area (TPSA) is 188 Å². The summed E-state index contributed by atoms with van der Waals surface area (Å²) in [5.41, 5.74) is 2.91. The molecule has 1 amide bonds. The van der Waals surface area contributed by atoms with Crippen molar-refractivity contribution in [2.24, 2.45) is 0 Å². The van der Waals surface area contributed by atoms with E-state index in [1.165, 1.54) is 18.3 Å². The summed E-state index contributed by atoms with van der Waals surface area (Å²) in [6.07, 6.45) is 1.43. The largest absolute Gasteiger partial charge is 0.461 e. The van der Waals surface area contributed by atoms with Gasteiger partial charge in [-0.3, -0.25) is 9.59 Å². The summed E-state index contributed by atoms with van der Waals surface area (Å²) >= 11 is 6.35. The predicted molar refractivity (Wildman–Crippen MR) is 186 cm³/mol. The first-order chi connectivity index (χ1) is 24.7. The number of carbonyl (C=O) groups is 2. The number of para-hydroxylation sites is 1. The Bertz CT molecular complexity index is 2290. The second-order valence-electron chi connectivity index (χ2n) is 10.7. The molecule has 0 fully saturated rings. The molecular weight excluding hydrogens is 698 g/mol. The zero-order valence-electron chi connectivity index (χ0n) is 26.7. The molecule has 14 nitrogen and oxygen atoms in total. The van der Waals surface area contributed by atoms with Crippen LogP contribution in [0.4, 0.5) is 23.1 Å². The molecule has 0 unspecified atom stereocenters. The zero-order chi connectivity index (χ0) is 35.8. The Morgan fingerprint density at radius 2 is 1.63 bits per heavy atom. The Morgan fingerprint density at radius 1 is 0.863 bits per heavy atom. The van der Waals surface area contributed by atoms with Crippen molar-refractivity contribution >= 4 is 56.5 Å². The second-order valence-corrected chi connectivity index (χ2v) is 13.0. The molecule has 258 valence electrons. The molecule has 0 radical (unpaired) electrons. The average molecular weight is 726 g/mol. The highest BCUT2D eigenvalue weighted by Gasteiger charge is 2.28. The Hall–Kier alpha value is -6.32. The van der Waals surface area contributed by atoms with Crippen LogP contribution in [0, 0.1) is 0 Å². The van der Waals surface area contributed by atoms with Crippen LogP contribution in [0.25, 0.3) is 0 Å². The maximum atomic E-state index is 12.9. The molecule has 3 N–H and O–H groups in total. The van der Waals surface area contributed by atoms with Crippen molar-refractivity contribution in [1.82, 2.24) is 25.6 Å². The van der Waals surface area contributed by atoms with E-state index in [1.807, 2.05) is 0 Å². The predicted octanol–water partition coefficient (Wildman–Crippen LogP) is 6.27. The first-order valence-corrected chi connectivity index (χ1v) is 17.1. The summed E-state index contributed by atoms with van der Waals surface area (Å²) in [5, 5.41) is 15.7. The minimum Gasteiger partial charge on any atom is -0.461 e. The van der Waals surface area contributed by atoms with Crippen molar-refractivity contribution in [3.8, 4) is 11.6 Å². The molecule has 0 spiro atoms. The number of anilines is 4. The van der Waals surface area contributed by atoms with Crippen molar-refractivity contribution in [2.75, 3.05) is 17.7 Å². The third-order valence-electron chi connectivity index (χ3n) is 7.20. The third-order valence-corrected chi connectivity index (χ3v) is 9.13. The van der Waals surface area contributed by atoms with E-state index in [9.17, 15) is 18.0 Å². The number of hydrogen-bond donors (Lipinski definition) is 3. The zero-order valence-corrected chi connectivity index (χ0v) is 28.3. The van der Waals surface area contributed by atoms with E-state index in [2.05, 4.69) is 40.9 Å². The summed E-state index contributed by atoms with van der Waals surface area (Å²) in [6.45, 7) is -0.00631. The van der Waals surface area contributed by atoms with E-state index < -0.39 is 20.8 Å². The van der Waals surface area contributed by atoms with Crippen LogP contribution in [0.3, 0.4) is 0 Å². The third kappa shape index (κ3) is 8.46. The van der Waals surface area contributed by atoms with Crippen LogP contribution in [-0.2, 0) is 32.4 Å². The minimum atomic E-state index is -4.01. The fourth-order valence-corrected chi connectivity index (χ4v) is 6.03. The molecule has 6 aromatic rings. The minimum absolute atomic E-state index is 0.000897. The van der Waals surface area contributed by atoms with E-state index in [4.69, 9.17) is 21.1 Å². The molecule has 0 aliphatic rings. The van der Waals surface area contributed by atoms with Gasteiger partial charge in [0.05, 0.1) is 28.8 Å². The lowest BCUT2D eigenvalue weighted by molar-refractivity contribution is -0.144. The van der Waals surface area contributed by atoms with Gasteiger partial charge in [-0.2, -0.15) is 4.98 Å². The molecule has 2 heterocycles. The number of esters is 1. The van der Waals surface area contributed by atoms with E-state index >= 15 is 0 Å². The van der Waals surface area contributed by atoms with Gasteiger partial charge >= 0.3 is 11.8 Å². The monoisotopic (exact) mass is 725 g/mol. The maximum absolute atomic E-state index is 12.9. The van der Waals surface area contributed by atoms with Gasteiger partial charge < -0.3 is 25.4 Å². The van der Waals surface area contributed by atoms with Gasteiger partial charge in [-0.05, 0) is 70.0 Å². The fourth-order valence-electron chi connectivity index (χ4n) is 4.71. The molecule has 6 rings (SSSR count). The molecule has 0 bridgehead atoms. The van der Waals surface area contributed by atoms with Crippen molar-refractivity contribution in [1.29, 1.82) is 0 Å². The van der Waals surface area contributed by atoms with E-state index in [1.54, 1.807) is 98.0 Å². The van der Waals surface area contributed by atoms with Crippen molar-refractivity contribution < 1.29 is 32.1 Å². The molecule has 0 saturated heterocycles. The number of halogens is 1. The van der Waals surface area contributed by atoms with Crippen LogP contribution < -0.4 is 20.7 Å². The average Bonchev–Trinajstić information content (AvgIpc) is 3.62. The summed E-state index contributed by atoms with van der Waals surface area (Å²) in [5.74, 6) is -0.229. The quantitative estimate of drug-likeness (QED) is 0.113. The smallest absolute Gasteiger partial charge is 0.310 e. The standard InChI is InChI=1S/C35H28ClN7O7S/c1-37-32(45)27-12-5-6-13-29(27)40-31-28(36)20-38-35(41-31)39-24-9-7-8-23(18-24)19-30(44)48-21-22-14-16-25(17-15-22)49-33-34(43-50-42-33)51(46,47)26-10-3-2-4-11-26/h2-18,20H,19,21H2,1H3,(H,37,45)(H2,38,39,40,41). The van der Waals surface area contributed by atoms with Gasteiger partial charge in [0.1, 0.15) is 17.4 Å². The van der Waals surface area contributed by atoms with E-state index in [0.717, 1.165) is 0 Å². The van der Waals surface area contributed by atoms with Gasteiger partial charge in [0, 0.05) is 12.7 Å². The van der Waals surface area contributed by atoms with Gasteiger partial charge in [-0.15, -0.1) is 0 Å². The molecular formula is C35H28ClN7O7S. The van der Waals surface area contributed by atoms with Gasteiger partial charge in [0.15, 0.2) is 5.82 Å². The van der Waals surface area contributed by atoms with Crippen LogP contribution in [0.5, 0.6) is 11.6 Å². The summed E-state index contributed by atoms with van der Waals surface area (Å²) < 4.78 is 41.6.